The molecule has 0 saturated carbocycles. The van der Waals surface area contributed by atoms with Crippen molar-refractivity contribution in [2.45, 2.75) is 20.3 Å². The highest BCUT2D eigenvalue weighted by Crippen LogP contribution is 2.20. The van der Waals surface area contributed by atoms with E-state index < -0.39 is 0 Å². The molecule has 3 heteroatoms. The first-order chi connectivity index (χ1) is 6.75. The Morgan fingerprint density at radius 1 is 1.21 bits per heavy atom. The van der Waals surface area contributed by atoms with E-state index in [1.54, 1.807) is 0 Å². The molecule has 0 heterocycles. The van der Waals surface area contributed by atoms with E-state index >= 15 is 0 Å². The van der Waals surface area contributed by atoms with Crippen molar-refractivity contribution >= 4 is 0 Å². The van der Waals surface area contributed by atoms with Gasteiger partial charge in [-0.05, 0) is 31.0 Å². The highest BCUT2D eigenvalue weighted by atomic mass is 16.6. The topological polar surface area (TPSA) is 44.5 Å². The quantitative estimate of drug-likeness (QED) is 0.577. The van der Waals surface area contributed by atoms with Crippen LogP contribution in [-0.2, 0) is 4.84 Å². The van der Waals surface area contributed by atoms with Crippen molar-refractivity contribution < 1.29 is 9.57 Å². The highest BCUT2D eigenvalue weighted by molar-refractivity contribution is 5.38. The second-order valence-electron chi connectivity index (χ2n) is 3.27. The Balaban J connectivity index is 2.46. The molecular weight excluding hydrogens is 178 g/mol. The van der Waals surface area contributed by atoms with Gasteiger partial charge in [-0.1, -0.05) is 12.1 Å². The average Bonchev–Trinajstić information content (AvgIpc) is 2.19. The van der Waals surface area contributed by atoms with Crippen LogP contribution in [0.1, 0.15) is 17.5 Å². The van der Waals surface area contributed by atoms with Crippen LogP contribution in [0.4, 0.5) is 0 Å². The fraction of sp³-hybridized carbons (Fsp3) is 0.455. The predicted molar refractivity (Wildman–Crippen MR) is 56.2 cm³/mol. The molecule has 1 aromatic rings. The molecule has 3 nitrogen and oxygen atoms in total. The van der Waals surface area contributed by atoms with Gasteiger partial charge in [-0.15, -0.1) is 0 Å². The summed E-state index contributed by atoms with van der Waals surface area (Å²) in [7, 11) is 0. The minimum absolute atomic E-state index is 0.533. The maximum atomic E-state index is 5.58. The van der Waals surface area contributed by atoms with Crippen LogP contribution in [0.25, 0.3) is 0 Å². The van der Waals surface area contributed by atoms with E-state index in [2.05, 4.69) is 24.8 Å². The van der Waals surface area contributed by atoms with E-state index in [0.29, 0.717) is 13.2 Å². The van der Waals surface area contributed by atoms with Crippen LogP contribution in [0.15, 0.2) is 18.2 Å². The second kappa shape index (κ2) is 5.62. The Kier molecular flexibility index (Phi) is 4.43. The van der Waals surface area contributed by atoms with Gasteiger partial charge in [0.05, 0.1) is 13.2 Å². The molecule has 0 saturated heterocycles. The van der Waals surface area contributed by atoms with Crippen LogP contribution in [0, 0.1) is 13.8 Å². The SMILES string of the molecule is Cc1cccc(OCCCON)c1C. The van der Waals surface area contributed by atoms with Gasteiger partial charge in [-0.2, -0.15) is 0 Å². The Hall–Kier alpha value is -1.06. The van der Waals surface area contributed by atoms with Gasteiger partial charge in [-0.25, -0.2) is 5.90 Å². The lowest BCUT2D eigenvalue weighted by Gasteiger charge is -2.10. The molecule has 14 heavy (non-hydrogen) atoms. The lowest BCUT2D eigenvalue weighted by atomic mass is 10.1. The summed E-state index contributed by atoms with van der Waals surface area (Å²) in [6, 6.07) is 6.05. The summed E-state index contributed by atoms with van der Waals surface area (Å²) in [6.45, 7) is 5.31. The zero-order valence-corrected chi connectivity index (χ0v) is 8.75. The molecule has 1 rings (SSSR count). The molecule has 0 atom stereocenters. The number of ether oxygens (including phenoxy) is 1. The number of rotatable bonds is 5. The lowest BCUT2D eigenvalue weighted by molar-refractivity contribution is 0.122. The summed E-state index contributed by atoms with van der Waals surface area (Å²) < 4.78 is 5.58. The molecular formula is C11H17NO2. The first kappa shape index (κ1) is 11.0. The zero-order chi connectivity index (χ0) is 10.4. The molecule has 0 aromatic heterocycles. The van der Waals surface area contributed by atoms with Crippen LogP contribution < -0.4 is 10.6 Å². The van der Waals surface area contributed by atoms with E-state index in [4.69, 9.17) is 10.6 Å². The molecule has 0 unspecified atom stereocenters. The minimum atomic E-state index is 0.533. The van der Waals surface area contributed by atoms with Gasteiger partial charge in [0.15, 0.2) is 0 Å². The van der Waals surface area contributed by atoms with Gasteiger partial charge in [0.1, 0.15) is 5.75 Å². The van der Waals surface area contributed by atoms with E-state index in [0.717, 1.165) is 12.2 Å². The summed E-state index contributed by atoms with van der Waals surface area (Å²) in [5.74, 6) is 5.85. The molecule has 2 N–H and O–H groups in total. The summed E-state index contributed by atoms with van der Waals surface area (Å²) in [6.07, 6.45) is 0.809. The Labute approximate surface area is 84.8 Å². The molecule has 0 spiro atoms. The van der Waals surface area contributed by atoms with Crippen LogP contribution in [-0.4, -0.2) is 13.2 Å². The van der Waals surface area contributed by atoms with Gasteiger partial charge in [0.2, 0.25) is 0 Å². The summed E-state index contributed by atoms with van der Waals surface area (Å²) in [5.41, 5.74) is 2.44. The van der Waals surface area contributed by atoms with Crippen molar-refractivity contribution in [1.82, 2.24) is 0 Å². The first-order valence-electron chi connectivity index (χ1n) is 4.76. The third kappa shape index (κ3) is 3.01. The van der Waals surface area contributed by atoms with Crippen molar-refractivity contribution in [3.05, 3.63) is 29.3 Å². The number of aryl methyl sites for hydroxylation is 1. The number of nitrogens with two attached hydrogens (primary N) is 1. The van der Waals surface area contributed by atoms with E-state index in [-0.39, 0.29) is 0 Å². The zero-order valence-electron chi connectivity index (χ0n) is 8.75. The third-order valence-corrected chi connectivity index (χ3v) is 2.22. The van der Waals surface area contributed by atoms with Crippen LogP contribution in [0.5, 0.6) is 5.75 Å². The van der Waals surface area contributed by atoms with Crippen molar-refractivity contribution in [1.29, 1.82) is 0 Å². The van der Waals surface area contributed by atoms with Gasteiger partial charge in [-0.3, -0.25) is 0 Å². The van der Waals surface area contributed by atoms with E-state index in [1.165, 1.54) is 11.1 Å². The molecule has 78 valence electrons. The second-order valence-corrected chi connectivity index (χ2v) is 3.27. The smallest absolute Gasteiger partial charge is 0.122 e. The average molecular weight is 195 g/mol. The van der Waals surface area contributed by atoms with Gasteiger partial charge in [0.25, 0.3) is 0 Å². The summed E-state index contributed by atoms with van der Waals surface area (Å²) in [5, 5.41) is 0. The summed E-state index contributed by atoms with van der Waals surface area (Å²) in [4.78, 5) is 4.45. The fourth-order valence-corrected chi connectivity index (χ4v) is 1.20. The molecule has 0 aliphatic carbocycles. The standard InChI is InChI=1S/C11H17NO2/c1-9-5-3-6-11(10(9)2)13-7-4-8-14-12/h3,5-6H,4,7-8,12H2,1-2H3. The summed E-state index contributed by atoms with van der Waals surface area (Å²) >= 11 is 0. The fourth-order valence-electron chi connectivity index (χ4n) is 1.20. The van der Waals surface area contributed by atoms with Gasteiger partial charge >= 0.3 is 0 Å². The van der Waals surface area contributed by atoms with Crippen LogP contribution in [0.3, 0.4) is 0 Å². The lowest BCUT2D eigenvalue weighted by Crippen LogP contribution is -2.06. The van der Waals surface area contributed by atoms with Crippen LogP contribution in [0.2, 0.25) is 0 Å². The predicted octanol–water partition coefficient (Wildman–Crippen LogP) is 1.96. The molecule has 0 radical (unpaired) electrons. The Morgan fingerprint density at radius 2 is 2.00 bits per heavy atom. The van der Waals surface area contributed by atoms with Crippen molar-refractivity contribution in [3.8, 4) is 5.75 Å². The highest BCUT2D eigenvalue weighted by Gasteiger charge is 2.00. The van der Waals surface area contributed by atoms with Gasteiger partial charge in [0, 0.05) is 6.42 Å². The van der Waals surface area contributed by atoms with E-state index in [1.807, 2.05) is 12.1 Å². The van der Waals surface area contributed by atoms with Crippen LogP contribution >= 0.6 is 0 Å². The molecule has 0 amide bonds. The number of hydrogen-bond acceptors (Lipinski definition) is 3. The maximum Gasteiger partial charge on any atom is 0.122 e. The third-order valence-electron chi connectivity index (χ3n) is 2.22. The first-order valence-corrected chi connectivity index (χ1v) is 4.76. The molecule has 0 aliphatic heterocycles. The minimum Gasteiger partial charge on any atom is -0.493 e. The molecule has 0 aliphatic rings. The monoisotopic (exact) mass is 195 g/mol. The van der Waals surface area contributed by atoms with Crippen molar-refractivity contribution in [3.63, 3.8) is 0 Å². The Morgan fingerprint density at radius 3 is 2.71 bits per heavy atom. The number of hydrogen-bond donors (Lipinski definition) is 1. The van der Waals surface area contributed by atoms with Crippen molar-refractivity contribution in [2.75, 3.05) is 13.2 Å². The normalized spacial score (nSPS) is 10.2. The number of benzene rings is 1. The van der Waals surface area contributed by atoms with Crippen molar-refractivity contribution in [2.24, 2.45) is 5.90 Å². The maximum absolute atomic E-state index is 5.58. The molecule has 0 fully saturated rings. The van der Waals surface area contributed by atoms with Gasteiger partial charge < -0.3 is 9.57 Å². The molecule has 1 aromatic carbocycles. The largest absolute Gasteiger partial charge is 0.493 e. The Bertz CT molecular complexity index is 287. The molecule has 0 bridgehead atoms. The van der Waals surface area contributed by atoms with E-state index in [9.17, 15) is 0 Å².